The lowest BCUT2D eigenvalue weighted by Crippen LogP contribution is -2.49. The molecule has 1 N–H and O–H groups in total. The third kappa shape index (κ3) is 3.03. The van der Waals surface area contributed by atoms with E-state index in [9.17, 15) is 4.79 Å². The van der Waals surface area contributed by atoms with Crippen LogP contribution in [0.15, 0.2) is 0 Å². The Hall–Kier alpha value is -0.570. The lowest BCUT2D eigenvalue weighted by atomic mass is 9.79. The zero-order valence-electron chi connectivity index (χ0n) is 14.0. The predicted molar refractivity (Wildman–Crippen MR) is 83.2 cm³/mol. The maximum Gasteiger partial charge on any atom is 0.241 e. The Labute approximate surface area is 124 Å². The largest absolute Gasteiger partial charge is 0.323 e. The third-order valence-corrected chi connectivity index (χ3v) is 5.02. The lowest BCUT2D eigenvalue weighted by molar-refractivity contribution is -0.134. The Morgan fingerprint density at radius 2 is 1.55 bits per heavy atom. The van der Waals surface area contributed by atoms with Gasteiger partial charge in [0.2, 0.25) is 5.91 Å². The van der Waals surface area contributed by atoms with Gasteiger partial charge in [0, 0.05) is 6.04 Å². The van der Waals surface area contributed by atoms with Crippen molar-refractivity contribution in [3.05, 3.63) is 0 Å². The van der Waals surface area contributed by atoms with Crippen molar-refractivity contribution in [3.8, 4) is 0 Å². The molecule has 3 heteroatoms. The molecule has 0 spiro atoms. The molecule has 1 aliphatic carbocycles. The van der Waals surface area contributed by atoms with Gasteiger partial charge in [-0.2, -0.15) is 0 Å². The van der Waals surface area contributed by atoms with Crippen molar-refractivity contribution in [3.63, 3.8) is 0 Å². The Morgan fingerprint density at radius 3 is 2.00 bits per heavy atom. The van der Waals surface area contributed by atoms with E-state index in [4.69, 9.17) is 0 Å². The quantitative estimate of drug-likeness (QED) is 0.860. The van der Waals surface area contributed by atoms with Gasteiger partial charge in [-0.3, -0.25) is 10.1 Å². The molecule has 2 aliphatic rings. The van der Waals surface area contributed by atoms with Crippen LogP contribution in [-0.2, 0) is 4.79 Å². The van der Waals surface area contributed by atoms with E-state index >= 15 is 0 Å². The summed E-state index contributed by atoms with van der Waals surface area (Å²) in [6.07, 6.45) is 3.88. The summed E-state index contributed by atoms with van der Waals surface area (Å²) in [5, 5.41) is 3.59. The molecular weight excluding hydrogens is 248 g/mol. The van der Waals surface area contributed by atoms with Gasteiger partial charge in [0.15, 0.2) is 0 Å². The van der Waals surface area contributed by atoms with Gasteiger partial charge < -0.3 is 4.90 Å². The van der Waals surface area contributed by atoms with E-state index in [0.717, 1.165) is 11.8 Å². The summed E-state index contributed by atoms with van der Waals surface area (Å²) >= 11 is 0. The summed E-state index contributed by atoms with van der Waals surface area (Å²) in [4.78, 5) is 15.0. The van der Waals surface area contributed by atoms with Gasteiger partial charge >= 0.3 is 0 Å². The number of hydrogen-bond acceptors (Lipinski definition) is 2. The summed E-state index contributed by atoms with van der Waals surface area (Å²) in [5.41, 5.74) is 0. The fourth-order valence-corrected chi connectivity index (χ4v) is 4.16. The van der Waals surface area contributed by atoms with E-state index in [1.54, 1.807) is 0 Å². The normalized spacial score (nSPS) is 39.1. The molecule has 2 rings (SSSR count). The SMILES string of the molecule is CC1CC(C)CC(N2C(=O)C(C(C)C)NC2C(C)C)C1. The molecule has 1 amide bonds. The second kappa shape index (κ2) is 6.05. The van der Waals surface area contributed by atoms with Crippen molar-refractivity contribution in [1.29, 1.82) is 0 Å². The number of carbonyl (C=O) groups excluding carboxylic acids is 1. The van der Waals surface area contributed by atoms with Crippen LogP contribution in [0.4, 0.5) is 0 Å². The van der Waals surface area contributed by atoms with Crippen LogP contribution in [0.5, 0.6) is 0 Å². The van der Waals surface area contributed by atoms with Crippen LogP contribution in [-0.4, -0.2) is 29.1 Å². The van der Waals surface area contributed by atoms with Crippen molar-refractivity contribution in [2.45, 2.75) is 79.1 Å². The average Bonchev–Trinajstić information content (AvgIpc) is 2.65. The highest BCUT2D eigenvalue weighted by Crippen LogP contribution is 2.35. The van der Waals surface area contributed by atoms with Crippen LogP contribution in [0, 0.1) is 23.7 Å². The molecule has 116 valence electrons. The molecule has 1 saturated carbocycles. The van der Waals surface area contributed by atoms with E-state index in [1.165, 1.54) is 19.3 Å². The average molecular weight is 280 g/mol. The Morgan fingerprint density at radius 1 is 1.00 bits per heavy atom. The molecular formula is C17H32N2O. The Kier molecular flexibility index (Phi) is 4.78. The molecule has 0 aromatic rings. The zero-order chi connectivity index (χ0) is 15.0. The number of nitrogens with zero attached hydrogens (tertiary/aromatic N) is 1. The first-order valence-electron chi connectivity index (χ1n) is 8.39. The fraction of sp³-hybridized carbons (Fsp3) is 0.941. The Balaban J connectivity index is 2.20. The number of nitrogens with one attached hydrogen (secondary N) is 1. The standard InChI is InChI=1S/C17H32N2O/c1-10(2)15-17(20)19(16(18-15)11(3)4)14-8-12(5)7-13(6)9-14/h10-16,18H,7-9H2,1-6H3. The van der Waals surface area contributed by atoms with Crippen molar-refractivity contribution < 1.29 is 4.79 Å². The van der Waals surface area contributed by atoms with Crippen LogP contribution in [0.1, 0.15) is 60.8 Å². The topological polar surface area (TPSA) is 32.3 Å². The lowest BCUT2D eigenvalue weighted by Gasteiger charge is -2.41. The molecule has 4 unspecified atom stereocenters. The first-order chi connectivity index (χ1) is 9.31. The van der Waals surface area contributed by atoms with Gasteiger partial charge in [-0.05, 0) is 42.9 Å². The van der Waals surface area contributed by atoms with Gasteiger partial charge in [0.1, 0.15) is 0 Å². The first kappa shape index (κ1) is 15.8. The van der Waals surface area contributed by atoms with E-state index in [2.05, 4.69) is 51.8 Å². The minimum absolute atomic E-state index is 0.00920. The minimum Gasteiger partial charge on any atom is -0.323 e. The molecule has 0 aromatic heterocycles. The van der Waals surface area contributed by atoms with Crippen LogP contribution in [0.3, 0.4) is 0 Å². The summed E-state index contributed by atoms with van der Waals surface area (Å²) in [7, 11) is 0. The molecule has 0 radical (unpaired) electrons. The van der Waals surface area contributed by atoms with E-state index in [0.29, 0.717) is 23.8 Å². The van der Waals surface area contributed by atoms with Gasteiger partial charge in [0.05, 0.1) is 12.2 Å². The maximum atomic E-state index is 12.8. The maximum absolute atomic E-state index is 12.8. The van der Waals surface area contributed by atoms with Crippen molar-refractivity contribution >= 4 is 5.91 Å². The van der Waals surface area contributed by atoms with E-state index in [-0.39, 0.29) is 12.2 Å². The zero-order valence-corrected chi connectivity index (χ0v) is 14.0. The highest BCUT2D eigenvalue weighted by molar-refractivity contribution is 5.85. The number of carbonyl (C=O) groups is 1. The summed E-state index contributed by atoms with van der Waals surface area (Å²) < 4.78 is 0. The molecule has 0 bridgehead atoms. The summed E-state index contributed by atoms with van der Waals surface area (Å²) in [6, 6.07) is 0.444. The van der Waals surface area contributed by atoms with Gasteiger partial charge in [-0.25, -0.2) is 0 Å². The Bertz CT molecular complexity index is 343. The van der Waals surface area contributed by atoms with Crippen LogP contribution < -0.4 is 5.32 Å². The monoisotopic (exact) mass is 280 g/mol. The minimum atomic E-state index is 0.00920. The van der Waals surface area contributed by atoms with Gasteiger partial charge in [-0.1, -0.05) is 41.5 Å². The smallest absolute Gasteiger partial charge is 0.241 e. The molecule has 4 atom stereocenters. The number of hydrogen-bond donors (Lipinski definition) is 1. The van der Waals surface area contributed by atoms with Crippen LogP contribution in [0.25, 0.3) is 0 Å². The second-order valence-electron chi connectivity index (χ2n) is 7.89. The number of rotatable bonds is 3. The van der Waals surface area contributed by atoms with Crippen molar-refractivity contribution in [1.82, 2.24) is 10.2 Å². The highest BCUT2D eigenvalue weighted by atomic mass is 16.2. The van der Waals surface area contributed by atoms with Crippen molar-refractivity contribution in [2.75, 3.05) is 0 Å². The number of amides is 1. The molecule has 1 saturated heterocycles. The molecule has 1 heterocycles. The molecule has 1 aliphatic heterocycles. The second-order valence-corrected chi connectivity index (χ2v) is 7.89. The highest BCUT2D eigenvalue weighted by Gasteiger charge is 2.45. The fourth-order valence-electron chi connectivity index (χ4n) is 4.16. The molecule has 20 heavy (non-hydrogen) atoms. The third-order valence-electron chi connectivity index (χ3n) is 5.02. The predicted octanol–water partition coefficient (Wildman–Crippen LogP) is 3.25. The summed E-state index contributed by atoms with van der Waals surface area (Å²) in [6.45, 7) is 13.4. The van der Waals surface area contributed by atoms with E-state index in [1.807, 2.05) is 0 Å². The van der Waals surface area contributed by atoms with Crippen LogP contribution in [0.2, 0.25) is 0 Å². The first-order valence-corrected chi connectivity index (χ1v) is 8.39. The summed E-state index contributed by atoms with van der Waals surface area (Å²) in [5.74, 6) is 2.65. The molecule has 3 nitrogen and oxygen atoms in total. The van der Waals surface area contributed by atoms with Gasteiger partial charge in [-0.15, -0.1) is 0 Å². The van der Waals surface area contributed by atoms with Crippen molar-refractivity contribution in [2.24, 2.45) is 23.7 Å². The van der Waals surface area contributed by atoms with Gasteiger partial charge in [0.25, 0.3) is 0 Å². The molecule has 0 aromatic carbocycles. The molecule has 2 fully saturated rings. The van der Waals surface area contributed by atoms with Crippen LogP contribution >= 0.6 is 0 Å². The van der Waals surface area contributed by atoms with E-state index < -0.39 is 0 Å².